The molecular weight excluding hydrogens is 386 g/mol. The smallest absolute Gasteiger partial charge is 0.326 e. The predicted octanol–water partition coefficient (Wildman–Crippen LogP) is 3.58. The van der Waals surface area contributed by atoms with Gasteiger partial charge in [-0.3, -0.25) is 9.59 Å². The highest BCUT2D eigenvalue weighted by Crippen LogP contribution is 2.26. The van der Waals surface area contributed by atoms with Gasteiger partial charge in [0.1, 0.15) is 17.2 Å². The number of carbonyl (C=O) groups excluding carboxylic acids is 2. The summed E-state index contributed by atoms with van der Waals surface area (Å²) >= 11 is 1.53. The van der Waals surface area contributed by atoms with E-state index in [1.54, 1.807) is 18.3 Å². The lowest BCUT2D eigenvalue weighted by molar-refractivity contribution is -0.155. The van der Waals surface area contributed by atoms with E-state index in [0.29, 0.717) is 18.7 Å². The van der Waals surface area contributed by atoms with Crippen LogP contribution in [-0.4, -0.2) is 66.0 Å². The van der Waals surface area contributed by atoms with Crippen LogP contribution in [0, 0.1) is 0 Å². The molecule has 0 aliphatic heterocycles. The van der Waals surface area contributed by atoms with Gasteiger partial charge in [0.15, 0.2) is 0 Å². The van der Waals surface area contributed by atoms with Gasteiger partial charge in [0.25, 0.3) is 5.91 Å². The Morgan fingerprint density at radius 3 is 2.28 bits per heavy atom. The third kappa shape index (κ3) is 8.25. The van der Waals surface area contributed by atoms with Crippen molar-refractivity contribution in [3.05, 3.63) is 54.2 Å². The average molecular weight is 416 g/mol. The lowest BCUT2D eigenvalue weighted by Crippen LogP contribution is -2.42. The van der Waals surface area contributed by atoms with E-state index in [1.807, 2.05) is 70.1 Å². The first-order valence-corrected chi connectivity index (χ1v) is 10.3. The Kier molecular flexibility index (Phi) is 8.22. The van der Waals surface area contributed by atoms with Crippen LogP contribution in [0.2, 0.25) is 0 Å². The van der Waals surface area contributed by atoms with Gasteiger partial charge in [-0.2, -0.15) is 0 Å². The minimum absolute atomic E-state index is 0.0750. The number of hydrogen-bond donors (Lipinski definition) is 0. The van der Waals surface area contributed by atoms with Crippen molar-refractivity contribution in [1.82, 2.24) is 14.8 Å². The van der Waals surface area contributed by atoms with Crippen molar-refractivity contribution in [2.75, 3.05) is 33.7 Å². The Morgan fingerprint density at radius 2 is 1.72 bits per heavy atom. The number of rotatable bonds is 8. The SMILES string of the molecule is CN(C)CCN(CC(=O)OC(C)(C)C)C(=O)c1ccc(Sc2ccccn2)cc1. The molecule has 1 aromatic heterocycles. The van der Waals surface area contributed by atoms with Crippen LogP contribution in [0.4, 0.5) is 0 Å². The highest BCUT2D eigenvalue weighted by atomic mass is 32.2. The van der Waals surface area contributed by atoms with Crippen LogP contribution in [0.1, 0.15) is 31.1 Å². The molecule has 6 nitrogen and oxygen atoms in total. The number of aromatic nitrogens is 1. The van der Waals surface area contributed by atoms with E-state index in [9.17, 15) is 9.59 Å². The molecule has 0 bridgehead atoms. The van der Waals surface area contributed by atoms with Crippen LogP contribution in [-0.2, 0) is 9.53 Å². The topological polar surface area (TPSA) is 62.7 Å². The predicted molar refractivity (Wildman–Crippen MR) is 115 cm³/mol. The first-order chi connectivity index (χ1) is 13.6. The molecule has 7 heteroatoms. The highest BCUT2D eigenvalue weighted by Gasteiger charge is 2.23. The van der Waals surface area contributed by atoms with Gasteiger partial charge in [-0.1, -0.05) is 17.8 Å². The molecule has 29 heavy (non-hydrogen) atoms. The van der Waals surface area contributed by atoms with Crippen molar-refractivity contribution in [1.29, 1.82) is 0 Å². The molecule has 0 fully saturated rings. The van der Waals surface area contributed by atoms with Gasteiger partial charge in [0.2, 0.25) is 0 Å². The lowest BCUT2D eigenvalue weighted by Gasteiger charge is -2.26. The Labute approximate surface area is 177 Å². The largest absolute Gasteiger partial charge is 0.459 e. The molecule has 1 heterocycles. The summed E-state index contributed by atoms with van der Waals surface area (Å²) < 4.78 is 5.39. The minimum atomic E-state index is -0.586. The summed E-state index contributed by atoms with van der Waals surface area (Å²) in [6, 6.07) is 13.1. The highest BCUT2D eigenvalue weighted by molar-refractivity contribution is 7.99. The molecule has 0 unspecified atom stereocenters. The summed E-state index contributed by atoms with van der Waals surface area (Å²) in [5.74, 6) is -0.598. The van der Waals surface area contributed by atoms with Crippen molar-refractivity contribution in [2.45, 2.75) is 36.3 Å². The van der Waals surface area contributed by atoms with Crippen molar-refractivity contribution >= 4 is 23.6 Å². The Hall–Kier alpha value is -2.38. The van der Waals surface area contributed by atoms with Crippen molar-refractivity contribution in [2.24, 2.45) is 0 Å². The minimum Gasteiger partial charge on any atom is -0.459 e. The fraction of sp³-hybridized carbons (Fsp3) is 0.409. The number of nitrogens with zero attached hydrogens (tertiary/aromatic N) is 3. The quantitative estimate of drug-likeness (QED) is 0.614. The molecule has 0 atom stereocenters. The van der Waals surface area contributed by atoms with Gasteiger partial charge in [0, 0.05) is 29.7 Å². The number of esters is 1. The summed E-state index contributed by atoms with van der Waals surface area (Å²) in [6.45, 7) is 6.46. The molecule has 1 amide bonds. The zero-order valence-corrected chi connectivity index (χ0v) is 18.5. The van der Waals surface area contributed by atoms with E-state index in [-0.39, 0.29) is 12.5 Å². The maximum Gasteiger partial charge on any atom is 0.326 e. The fourth-order valence-electron chi connectivity index (χ4n) is 2.48. The Bertz CT molecular complexity index is 802. The number of likely N-dealkylation sites (N-methyl/N-ethyl adjacent to an activating group) is 1. The van der Waals surface area contributed by atoms with Gasteiger partial charge >= 0.3 is 5.97 Å². The van der Waals surface area contributed by atoms with Crippen molar-refractivity contribution in [3.8, 4) is 0 Å². The van der Waals surface area contributed by atoms with E-state index in [4.69, 9.17) is 4.74 Å². The molecule has 0 saturated carbocycles. The van der Waals surface area contributed by atoms with Crippen LogP contribution < -0.4 is 0 Å². The molecule has 0 N–H and O–H groups in total. The number of pyridine rings is 1. The third-order valence-electron chi connectivity index (χ3n) is 3.81. The molecule has 0 spiro atoms. The summed E-state index contributed by atoms with van der Waals surface area (Å²) in [4.78, 5) is 34.1. The molecule has 0 radical (unpaired) electrons. The van der Waals surface area contributed by atoms with Gasteiger partial charge < -0.3 is 14.5 Å². The summed E-state index contributed by atoms with van der Waals surface area (Å²) in [5, 5.41) is 0.893. The van der Waals surface area contributed by atoms with Gasteiger partial charge in [0.05, 0.1) is 0 Å². The van der Waals surface area contributed by atoms with E-state index in [0.717, 1.165) is 9.92 Å². The standard InChI is InChI=1S/C22H29N3O3S/c1-22(2,3)28-20(26)16-25(15-14-24(4)5)21(27)17-9-11-18(12-10-17)29-19-8-6-7-13-23-19/h6-13H,14-16H2,1-5H3. The third-order valence-corrected chi connectivity index (χ3v) is 4.76. The molecule has 0 saturated heterocycles. The maximum absolute atomic E-state index is 13.0. The first kappa shape index (κ1) is 22.9. The fourth-order valence-corrected chi connectivity index (χ4v) is 3.25. The van der Waals surface area contributed by atoms with Crippen LogP contribution in [0.5, 0.6) is 0 Å². The second-order valence-electron chi connectivity index (χ2n) is 7.91. The molecule has 1 aromatic carbocycles. The first-order valence-electron chi connectivity index (χ1n) is 9.49. The van der Waals surface area contributed by atoms with Crippen molar-refractivity contribution < 1.29 is 14.3 Å². The van der Waals surface area contributed by atoms with E-state index in [2.05, 4.69) is 4.98 Å². The number of amides is 1. The zero-order valence-electron chi connectivity index (χ0n) is 17.7. The second-order valence-corrected chi connectivity index (χ2v) is 9.00. The van der Waals surface area contributed by atoms with Crippen molar-refractivity contribution in [3.63, 3.8) is 0 Å². The van der Waals surface area contributed by atoms with Gasteiger partial charge in [-0.05, 0) is 71.3 Å². The molecule has 0 aliphatic carbocycles. The van der Waals surface area contributed by atoms with E-state index in [1.165, 1.54) is 16.7 Å². The molecule has 2 aromatic rings. The van der Waals surface area contributed by atoms with Crippen LogP contribution in [0.15, 0.2) is 58.6 Å². The second kappa shape index (κ2) is 10.4. The average Bonchev–Trinajstić information content (AvgIpc) is 2.64. The normalized spacial score (nSPS) is 11.4. The van der Waals surface area contributed by atoms with Crippen LogP contribution in [0.25, 0.3) is 0 Å². The van der Waals surface area contributed by atoms with E-state index < -0.39 is 11.6 Å². The Balaban J connectivity index is 2.09. The summed E-state index contributed by atoms with van der Waals surface area (Å²) in [6.07, 6.45) is 1.75. The van der Waals surface area contributed by atoms with E-state index >= 15 is 0 Å². The Morgan fingerprint density at radius 1 is 1.03 bits per heavy atom. The summed E-state index contributed by atoms with van der Waals surface area (Å²) in [7, 11) is 3.86. The number of benzene rings is 1. The van der Waals surface area contributed by atoms with Crippen LogP contribution in [0.3, 0.4) is 0 Å². The summed E-state index contributed by atoms with van der Waals surface area (Å²) in [5.41, 5.74) is -0.0461. The van der Waals surface area contributed by atoms with Gasteiger partial charge in [-0.25, -0.2) is 4.98 Å². The van der Waals surface area contributed by atoms with Crippen LogP contribution >= 0.6 is 11.8 Å². The monoisotopic (exact) mass is 415 g/mol. The maximum atomic E-state index is 13.0. The molecule has 2 rings (SSSR count). The number of ether oxygens (including phenoxy) is 1. The van der Waals surface area contributed by atoms with Gasteiger partial charge in [-0.15, -0.1) is 0 Å². The molecular formula is C22H29N3O3S. The number of hydrogen-bond acceptors (Lipinski definition) is 6. The zero-order chi connectivity index (χ0) is 21.4. The lowest BCUT2D eigenvalue weighted by atomic mass is 10.2. The molecule has 0 aliphatic rings. The number of carbonyl (C=O) groups is 2. The molecule has 156 valence electrons.